The van der Waals surface area contributed by atoms with Crippen LogP contribution in [0.25, 0.3) is 0 Å². The molecular weight excluding hydrogens is 365 g/mol. The molecule has 25 heavy (non-hydrogen) atoms. The Kier molecular flexibility index (Phi) is 6.82. The van der Waals surface area contributed by atoms with E-state index in [9.17, 15) is 9.59 Å². The molecule has 0 saturated heterocycles. The van der Waals surface area contributed by atoms with Gasteiger partial charge in [-0.15, -0.1) is 0 Å². The van der Waals surface area contributed by atoms with Crippen molar-refractivity contribution >= 4 is 40.8 Å². The highest BCUT2D eigenvalue weighted by molar-refractivity contribution is 6.35. The first-order valence-corrected chi connectivity index (χ1v) is 8.20. The Labute approximate surface area is 155 Å². The van der Waals surface area contributed by atoms with Crippen LogP contribution in [0.3, 0.4) is 0 Å². The zero-order chi connectivity index (χ0) is 18.4. The average molecular weight is 382 g/mol. The van der Waals surface area contributed by atoms with Crippen LogP contribution < -0.4 is 5.32 Å². The van der Waals surface area contributed by atoms with Gasteiger partial charge in [0.2, 0.25) is 0 Å². The van der Waals surface area contributed by atoms with Crippen molar-refractivity contribution in [3.05, 3.63) is 63.6 Å². The molecule has 0 unspecified atom stereocenters. The molecule has 0 aliphatic carbocycles. The normalized spacial score (nSPS) is 11.7. The number of anilines is 1. The summed E-state index contributed by atoms with van der Waals surface area (Å²) in [6.07, 6.45) is -0.990. The van der Waals surface area contributed by atoms with E-state index in [2.05, 4.69) is 5.32 Å². The van der Waals surface area contributed by atoms with Crippen molar-refractivity contribution < 1.29 is 19.1 Å². The molecule has 0 aliphatic heterocycles. The van der Waals surface area contributed by atoms with E-state index < -0.39 is 18.0 Å². The van der Waals surface area contributed by atoms with Crippen LogP contribution in [-0.2, 0) is 20.9 Å². The van der Waals surface area contributed by atoms with Crippen LogP contribution >= 0.6 is 23.2 Å². The number of hydrogen-bond acceptors (Lipinski definition) is 4. The van der Waals surface area contributed by atoms with Crippen molar-refractivity contribution in [3.8, 4) is 0 Å². The highest BCUT2D eigenvalue weighted by Gasteiger charge is 2.19. The number of methoxy groups -OCH3 is 1. The molecule has 2 aromatic carbocycles. The van der Waals surface area contributed by atoms with Crippen LogP contribution in [0.2, 0.25) is 10.0 Å². The van der Waals surface area contributed by atoms with E-state index in [1.165, 1.54) is 6.92 Å². The SMILES string of the molecule is COCc1cccc(C(=O)O[C@@H](C)C(=O)Nc2cc(Cl)cc(Cl)c2)c1. The smallest absolute Gasteiger partial charge is 0.338 e. The van der Waals surface area contributed by atoms with Gasteiger partial charge < -0.3 is 14.8 Å². The number of rotatable bonds is 6. The highest BCUT2D eigenvalue weighted by atomic mass is 35.5. The minimum absolute atomic E-state index is 0.347. The number of benzene rings is 2. The van der Waals surface area contributed by atoms with Crippen LogP contribution in [0, 0.1) is 0 Å². The third-order valence-electron chi connectivity index (χ3n) is 3.26. The quantitative estimate of drug-likeness (QED) is 0.756. The number of nitrogens with one attached hydrogen (secondary N) is 1. The fraction of sp³-hybridized carbons (Fsp3) is 0.222. The molecule has 5 nitrogen and oxygen atoms in total. The van der Waals surface area contributed by atoms with E-state index in [1.807, 2.05) is 6.07 Å². The number of carbonyl (C=O) groups excluding carboxylic acids is 2. The van der Waals surface area contributed by atoms with E-state index in [1.54, 1.807) is 43.5 Å². The van der Waals surface area contributed by atoms with Crippen LogP contribution in [0.4, 0.5) is 5.69 Å². The summed E-state index contributed by atoms with van der Waals surface area (Å²) in [4.78, 5) is 24.4. The second-order valence-electron chi connectivity index (χ2n) is 5.33. The van der Waals surface area contributed by atoms with Crippen molar-refractivity contribution in [2.75, 3.05) is 12.4 Å². The maximum atomic E-state index is 12.2. The molecule has 2 aromatic rings. The number of hydrogen-bond donors (Lipinski definition) is 1. The Balaban J connectivity index is 2.00. The maximum absolute atomic E-state index is 12.2. The lowest BCUT2D eigenvalue weighted by Crippen LogP contribution is -2.30. The molecule has 0 radical (unpaired) electrons. The Hall–Kier alpha value is -2.08. The summed E-state index contributed by atoms with van der Waals surface area (Å²) in [5.41, 5.74) is 1.61. The third-order valence-corrected chi connectivity index (χ3v) is 3.69. The monoisotopic (exact) mass is 381 g/mol. The molecule has 0 fully saturated rings. The van der Waals surface area contributed by atoms with E-state index in [0.717, 1.165) is 5.56 Å². The second-order valence-corrected chi connectivity index (χ2v) is 6.20. The summed E-state index contributed by atoms with van der Waals surface area (Å²) >= 11 is 11.8. The summed E-state index contributed by atoms with van der Waals surface area (Å²) < 4.78 is 10.2. The lowest BCUT2D eigenvalue weighted by molar-refractivity contribution is -0.123. The molecule has 0 aromatic heterocycles. The lowest BCUT2D eigenvalue weighted by Gasteiger charge is -2.14. The van der Waals surface area contributed by atoms with E-state index in [0.29, 0.717) is 27.9 Å². The van der Waals surface area contributed by atoms with Gasteiger partial charge in [-0.2, -0.15) is 0 Å². The van der Waals surface area contributed by atoms with Crippen molar-refractivity contribution in [1.29, 1.82) is 0 Å². The van der Waals surface area contributed by atoms with Crippen LogP contribution in [-0.4, -0.2) is 25.1 Å². The van der Waals surface area contributed by atoms with E-state index in [4.69, 9.17) is 32.7 Å². The van der Waals surface area contributed by atoms with Gasteiger partial charge in [0.25, 0.3) is 5.91 Å². The molecular formula is C18H17Cl2NO4. The molecule has 132 valence electrons. The average Bonchev–Trinajstić information content (AvgIpc) is 2.54. The van der Waals surface area contributed by atoms with Crippen molar-refractivity contribution in [2.24, 2.45) is 0 Å². The molecule has 0 aliphatic rings. The standard InChI is InChI=1S/C18H17Cl2NO4/c1-11(17(22)21-16-8-14(19)7-15(20)9-16)25-18(23)13-5-3-4-12(6-13)10-24-2/h3-9,11H,10H2,1-2H3,(H,21,22)/t11-/m0/s1. The minimum atomic E-state index is -0.990. The Bertz CT molecular complexity index is 759. The number of esters is 1. The van der Waals surface area contributed by atoms with Gasteiger partial charge in [-0.05, 0) is 42.8 Å². The largest absolute Gasteiger partial charge is 0.449 e. The van der Waals surface area contributed by atoms with Crippen LogP contribution in [0.15, 0.2) is 42.5 Å². The number of amides is 1. The van der Waals surface area contributed by atoms with Gasteiger partial charge in [-0.3, -0.25) is 4.79 Å². The van der Waals surface area contributed by atoms with E-state index in [-0.39, 0.29) is 0 Å². The van der Waals surface area contributed by atoms with Gasteiger partial charge in [0.05, 0.1) is 12.2 Å². The van der Waals surface area contributed by atoms with Gasteiger partial charge in [0, 0.05) is 22.8 Å². The molecule has 0 heterocycles. The molecule has 1 N–H and O–H groups in total. The summed E-state index contributed by atoms with van der Waals surface area (Å²) in [7, 11) is 1.57. The van der Waals surface area contributed by atoms with E-state index >= 15 is 0 Å². The fourth-order valence-corrected chi connectivity index (χ4v) is 2.63. The van der Waals surface area contributed by atoms with Gasteiger partial charge in [0.15, 0.2) is 6.10 Å². The summed E-state index contributed by atoms with van der Waals surface area (Å²) in [5, 5.41) is 3.39. The predicted octanol–water partition coefficient (Wildman–Crippen LogP) is 4.32. The van der Waals surface area contributed by atoms with Crippen molar-refractivity contribution in [1.82, 2.24) is 0 Å². The number of carbonyl (C=O) groups is 2. The van der Waals surface area contributed by atoms with Crippen molar-refractivity contribution in [3.63, 3.8) is 0 Å². The molecule has 0 saturated carbocycles. The topological polar surface area (TPSA) is 64.6 Å². The highest BCUT2D eigenvalue weighted by Crippen LogP contribution is 2.22. The Morgan fingerprint density at radius 1 is 1.12 bits per heavy atom. The molecule has 1 amide bonds. The molecule has 7 heteroatoms. The summed E-state index contributed by atoms with van der Waals surface area (Å²) in [5.74, 6) is -1.08. The maximum Gasteiger partial charge on any atom is 0.338 e. The number of halogens is 2. The second kappa shape index (κ2) is 8.85. The van der Waals surface area contributed by atoms with Gasteiger partial charge in [-0.1, -0.05) is 35.3 Å². The van der Waals surface area contributed by atoms with Gasteiger partial charge in [0.1, 0.15) is 0 Å². The van der Waals surface area contributed by atoms with Gasteiger partial charge >= 0.3 is 5.97 Å². The van der Waals surface area contributed by atoms with Crippen LogP contribution in [0.5, 0.6) is 0 Å². The summed E-state index contributed by atoms with van der Waals surface area (Å²) in [6, 6.07) is 11.5. The fourth-order valence-electron chi connectivity index (χ4n) is 2.11. The zero-order valence-corrected chi connectivity index (χ0v) is 15.2. The van der Waals surface area contributed by atoms with Crippen molar-refractivity contribution in [2.45, 2.75) is 19.6 Å². The molecule has 2 rings (SSSR count). The van der Waals surface area contributed by atoms with Crippen LogP contribution in [0.1, 0.15) is 22.8 Å². The summed E-state index contributed by atoms with van der Waals surface area (Å²) in [6.45, 7) is 1.87. The third kappa shape index (κ3) is 5.74. The molecule has 0 bridgehead atoms. The zero-order valence-electron chi connectivity index (χ0n) is 13.7. The molecule has 0 spiro atoms. The Morgan fingerprint density at radius 2 is 1.80 bits per heavy atom. The number of ether oxygens (including phenoxy) is 2. The first kappa shape index (κ1) is 19.2. The predicted molar refractivity (Wildman–Crippen MR) is 97.1 cm³/mol. The first-order chi connectivity index (χ1) is 11.9. The lowest BCUT2D eigenvalue weighted by atomic mass is 10.1. The Morgan fingerprint density at radius 3 is 2.44 bits per heavy atom. The van der Waals surface area contributed by atoms with Gasteiger partial charge in [-0.25, -0.2) is 4.79 Å². The minimum Gasteiger partial charge on any atom is -0.449 e. The molecule has 1 atom stereocenters. The first-order valence-electron chi connectivity index (χ1n) is 7.45.